The van der Waals surface area contributed by atoms with Crippen LogP contribution >= 0.6 is 15.9 Å². The van der Waals surface area contributed by atoms with Gasteiger partial charge in [0.05, 0.1) is 20.8 Å². The molecule has 0 atom stereocenters. The van der Waals surface area contributed by atoms with E-state index in [4.69, 9.17) is 41.6 Å². The van der Waals surface area contributed by atoms with Crippen molar-refractivity contribution < 1.29 is 112 Å². The number of methoxy groups -OCH3 is 2. The summed E-state index contributed by atoms with van der Waals surface area (Å²) >= 11 is 2.90. The number of hydrogen-bond acceptors (Lipinski definition) is 15. The molecule has 0 bridgehead atoms. The van der Waals surface area contributed by atoms with Crippen LogP contribution in [0, 0.1) is 46.5 Å². The number of amides is 4. The van der Waals surface area contributed by atoms with Crippen molar-refractivity contribution in [2.75, 3.05) is 46.0 Å². The molecule has 73 heavy (non-hydrogen) atoms. The van der Waals surface area contributed by atoms with Crippen LogP contribution < -0.4 is 37.1 Å². The first kappa shape index (κ1) is 64.8. The summed E-state index contributed by atoms with van der Waals surface area (Å²) in [5, 5.41) is 17.3. The number of aromatic hydroxyl groups is 1. The maximum atomic E-state index is 13.8. The van der Waals surface area contributed by atoms with Gasteiger partial charge in [0, 0.05) is 0 Å². The van der Waals surface area contributed by atoms with Crippen molar-refractivity contribution in [2.45, 2.75) is 32.6 Å². The van der Waals surface area contributed by atoms with Gasteiger partial charge in [0.25, 0.3) is 23.6 Å². The number of phenols is 1. The predicted molar refractivity (Wildman–Crippen MR) is 238 cm³/mol. The van der Waals surface area contributed by atoms with Gasteiger partial charge in [0.15, 0.2) is 66.1 Å². The zero-order valence-electron chi connectivity index (χ0n) is 38.3. The Morgan fingerprint density at radius 1 is 0.493 bits per heavy atom. The highest BCUT2D eigenvalue weighted by molar-refractivity contribution is 9.09. The second kappa shape index (κ2) is 33.4. The van der Waals surface area contributed by atoms with E-state index in [1.807, 2.05) is 0 Å². The fourth-order valence-corrected chi connectivity index (χ4v) is 4.89. The molecule has 4 rings (SSSR count). The summed E-state index contributed by atoms with van der Waals surface area (Å²) in [5.41, 5.74) is 15.4. The highest BCUT2D eigenvalue weighted by Gasteiger charge is 2.23. The third-order valence-corrected chi connectivity index (χ3v) is 8.55. The number of carboxylic acid groups (broad SMARTS) is 1. The summed E-state index contributed by atoms with van der Waals surface area (Å²) in [7, 11) is 2.48. The average molecular weight is 1120 g/mol. The Bertz CT molecular complexity index is 2590. The lowest BCUT2D eigenvalue weighted by Crippen LogP contribution is -2.19. The van der Waals surface area contributed by atoms with Gasteiger partial charge in [0.1, 0.15) is 50.9 Å². The molecule has 0 fully saturated rings. The van der Waals surface area contributed by atoms with E-state index in [1.54, 1.807) is 0 Å². The van der Waals surface area contributed by atoms with Crippen molar-refractivity contribution >= 4 is 63.4 Å². The molecule has 0 unspecified atom stereocenters. The summed E-state index contributed by atoms with van der Waals surface area (Å²) in [6, 6.07) is 6.78. The van der Waals surface area contributed by atoms with Crippen LogP contribution in [0.25, 0.3) is 0 Å². The Morgan fingerprint density at radius 2 is 0.836 bits per heavy atom. The average Bonchev–Trinajstić information content (AvgIpc) is 3.32. The lowest BCUT2D eigenvalue weighted by Gasteiger charge is -2.09. The fraction of sp³-hybridized carbons (Fsp3) is 0.273. The second-order valence-corrected chi connectivity index (χ2v) is 13.8. The maximum Gasteiger partial charge on any atom is 0.344 e. The Hall–Kier alpha value is -8.24. The Morgan fingerprint density at radius 3 is 1.14 bits per heavy atom. The van der Waals surface area contributed by atoms with Crippen molar-refractivity contribution in [3.63, 3.8) is 0 Å². The lowest BCUT2D eigenvalue weighted by atomic mass is 10.1. The van der Waals surface area contributed by atoms with Gasteiger partial charge in [0.2, 0.25) is 0 Å². The van der Waals surface area contributed by atoms with E-state index >= 15 is 0 Å². The highest BCUT2D eigenvalue weighted by atomic mass is 79.9. The number of ether oxygens (including phenoxy) is 6. The monoisotopic (exact) mass is 1120 g/mol. The molecule has 0 aliphatic carbocycles. The summed E-state index contributed by atoms with van der Waals surface area (Å²) in [6.45, 7) is 0.435. The van der Waals surface area contributed by atoms with Gasteiger partial charge >= 0.3 is 23.9 Å². The molecule has 400 valence electrons. The molecule has 0 spiro atoms. The van der Waals surface area contributed by atoms with E-state index in [2.05, 4.69) is 42.8 Å². The molecule has 0 aromatic heterocycles. The number of nitrogens with two attached hydrogens (primary N) is 4. The first-order chi connectivity index (χ1) is 34.2. The molecule has 0 saturated carbocycles. The number of primary amides is 4. The van der Waals surface area contributed by atoms with Crippen molar-refractivity contribution in [3.8, 4) is 23.0 Å². The minimum Gasteiger partial charge on any atom is -0.505 e. The number of carbonyl (C=O) groups is 8. The van der Waals surface area contributed by atoms with Crippen LogP contribution in [0.4, 0.5) is 35.1 Å². The van der Waals surface area contributed by atoms with Crippen molar-refractivity contribution in [2.24, 2.45) is 22.9 Å². The number of aliphatic carboxylic acids is 1. The fourth-order valence-electron chi connectivity index (χ4n) is 4.66. The van der Waals surface area contributed by atoms with E-state index in [0.29, 0.717) is 0 Å². The SMILES string of the molecule is CCCCCCOC(=O)COc1ccc(F)c(C(N)=O)c1F.COC(=O)CBr.COC(=O)COc1ccc(F)c(C(N)=O)c1F.NC(=O)c1c(F)ccc(O)c1F.NC(=O)c1c(F)ccc(OCC(=O)O)c1F. The predicted octanol–water partition coefficient (Wildman–Crippen LogP) is 5.03. The smallest absolute Gasteiger partial charge is 0.344 e. The summed E-state index contributed by atoms with van der Waals surface area (Å²) in [5.74, 6) is -19.8. The van der Waals surface area contributed by atoms with Crippen molar-refractivity contribution in [1.82, 2.24) is 0 Å². The van der Waals surface area contributed by atoms with Crippen LogP contribution in [0.3, 0.4) is 0 Å². The van der Waals surface area contributed by atoms with Gasteiger partial charge in [-0.15, -0.1) is 0 Å². The molecule has 4 amide bonds. The zero-order valence-corrected chi connectivity index (χ0v) is 39.9. The van der Waals surface area contributed by atoms with E-state index < -0.39 is 153 Å². The molecule has 0 aliphatic heterocycles. The standard InChI is InChI=1S/C15H19F2NO4.C10H9F2NO4.C9H7F2NO4.C7H5F2NO2.C3H5BrO2/c1-2-3-4-5-8-21-12(19)9-22-11-7-6-10(16)13(14(11)17)15(18)20;1-16-7(14)4-17-6-3-2-5(11)8(9(6)12)10(13)15;10-4-1-2-5(16-3-6(13)14)8(11)7(4)9(12)15;8-3-1-2-4(11)6(9)5(3)7(10)12;1-6-3(5)2-4/h6-7H,2-5,8-9H2,1H3,(H2,18,20);2-3H,4H2,1H3,(H2,13,15);1-2H,3H2,(H2,12,15)(H,13,14);1-2,11H,(H2,10,12);2H2,1H3. The molecule has 0 saturated heterocycles. The number of benzene rings is 4. The lowest BCUT2D eigenvalue weighted by molar-refractivity contribution is -0.146. The summed E-state index contributed by atoms with van der Waals surface area (Å²) in [4.78, 5) is 85.1. The molecule has 0 heterocycles. The number of esters is 3. The van der Waals surface area contributed by atoms with Crippen LogP contribution in [0.5, 0.6) is 23.0 Å². The van der Waals surface area contributed by atoms with Gasteiger partial charge in [-0.3, -0.25) is 24.0 Å². The number of halogens is 9. The quantitative estimate of drug-likeness (QED) is 0.0236. The Balaban J connectivity index is 0.000000927. The van der Waals surface area contributed by atoms with Crippen molar-refractivity contribution in [3.05, 3.63) is 117 Å². The maximum absolute atomic E-state index is 13.8. The van der Waals surface area contributed by atoms with Gasteiger partial charge in [-0.25, -0.2) is 49.5 Å². The van der Waals surface area contributed by atoms with Crippen LogP contribution in [0.1, 0.15) is 74.0 Å². The van der Waals surface area contributed by atoms with Gasteiger partial charge in [-0.1, -0.05) is 42.1 Å². The molecule has 10 N–H and O–H groups in total. The third kappa shape index (κ3) is 22.6. The number of alkyl halides is 1. The number of carboxylic acids is 1. The molecule has 29 heteroatoms. The molecule has 4 aromatic carbocycles. The zero-order chi connectivity index (χ0) is 56.1. The van der Waals surface area contributed by atoms with E-state index in [-0.39, 0.29) is 17.9 Å². The topological polar surface area (TPSA) is 336 Å². The normalized spacial score (nSPS) is 9.81. The minimum atomic E-state index is -1.33. The first-order valence-corrected chi connectivity index (χ1v) is 21.1. The highest BCUT2D eigenvalue weighted by Crippen LogP contribution is 2.26. The number of phenolic OH excluding ortho intramolecular Hbond substituents is 1. The van der Waals surface area contributed by atoms with Gasteiger partial charge in [-0.05, 0) is 55.0 Å². The first-order valence-electron chi connectivity index (χ1n) is 20.0. The molecular formula is C44H45BrF8N4O16. The van der Waals surface area contributed by atoms with Crippen LogP contribution in [0.2, 0.25) is 0 Å². The number of unbranched alkanes of at least 4 members (excludes halogenated alkanes) is 3. The number of rotatable bonds is 19. The van der Waals surface area contributed by atoms with E-state index in [0.717, 1.165) is 81.3 Å². The van der Waals surface area contributed by atoms with Gasteiger partial charge in [-0.2, -0.15) is 0 Å². The molecule has 0 aliphatic rings. The largest absolute Gasteiger partial charge is 0.505 e. The molecule has 4 aromatic rings. The number of hydrogen-bond donors (Lipinski definition) is 6. The second-order valence-electron chi connectivity index (χ2n) is 13.2. The van der Waals surface area contributed by atoms with E-state index in [9.17, 15) is 73.5 Å². The van der Waals surface area contributed by atoms with Crippen LogP contribution in [-0.2, 0) is 33.4 Å². The third-order valence-electron chi connectivity index (χ3n) is 8.09. The van der Waals surface area contributed by atoms with Gasteiger partial charge < -0.3 is 61.6 Å². The Kier molecular flexibility index (Phi) is 29.6. The van der Waals surface area contributed by atoms with Crippen LogP contribution in [0.15, 0.2) is 48.5 Å². The molecular weight excluding hydrogens is 1070 g/mol. The van der Waals surface area contributed by atoms with E-state index in [1.165, 1.54) is 7.11 Å². The Labute approximate surface area is 416 Å². The summed E-state index contributed by atoms with van der Waals surface area (Å²) in [6.07, 6.45) is 3.84. The molecule has 0 radical (unpaired) electrons. The summed E-state index contributed by atoms with van der Waals surface area (Å²) < 4.78 is 133. The van der Waals surface area contributed by atoms with Crippen molar-refractivity contribution in [1.29, 1.82) is 0 Å². The minimum absolute atomic E-state index is 0.241. The number of carbonyl (C=O) groups excluding carboxylic acids is 7. The molecule has 20 nitrogen and oxygen atoms in total. The van der Waals surface area contributed by atoms with Crippen LogP contribution in [-0.4, -0.2) is 104 Å².